The van der Waals surface area contributed by atoms with Crippen LogP contribution in [0.25, 0.3) is 0 Å². The number of thioether (sulfide) groups is 1. The molecule has 0 spiro atoms. The first-order valence-electron chi connectivity index (χ1n) is 6.92. The molecule has 0 aliphatic carbocycles. The SMILES string of the molecule is CSCCN(C)c1ccc(CNCC(C)C)c(C)n1. The minimum Gasteiger partial charge on any atom is -0.359 e. The lowest BCUT2D eigenvalue weighted by Gasteiger charge is -2.19. The molecule has 0 saturated heterocycles. The maximum atomic E-state index is 4.70. The molecule has 1 heterocycles. The Morgan fingerprint density at radius 3 is 2.68 bits per heavy atom. The van der Waals surface area contributed by atoms with E-state index in [-0.39, 0.29) is 0 Å². The smallest absolute Gasteiger partial charge is 0.128 e. The molecular formula is C15H27N3S. The van der Waals surface area contributed by atoms with Gasteiger partial charge in [0.1, 0.15) is 5.82 Å². The maximum absolute atomic E-state index is 4.70. The molecule has 1 aromatic heterocycles. The molecule has 0 radical (unpaired) electrons. The van der Waals surface area contributed by atoms with E-state index in [1.54, 1.807) is 0 Å². The monoisotopic (exact) mass is 281 g/mol. The van der Waals surface area contributed by atoms with Crippen molar-refractivity contribution in [3.63, 3.8) is 0 Å². The molecule has 108 valence electrons. The van der Waals surface area contributed by atoms with Crippen molar-refractivity contribution in [2.75, 3.05) is 37.0 Å². The number of aromatic nitrogens is 1. The van der Waals surface area contributed by atoms with Crippen LogP contribution < -0.4 is 10.2 Å². The maximum Gasteiger partial charge on any atom is 0.128 e. The van der Waals surface area contributed by atoms with Crippen molar-refractivity contribution in [3.05, 3.63) is 23.4 Å². The first-order valence-corrected chi connectivity index (χ1v) is 8.31. The topological polar surface area (TPSA) is 28.2 Å². The van der Waals surface area contributed by atoms with Crippen LogP contribution in [0, 0.1) is 12.8 Å². The number of aryl methyl sites for hydroxylation is 1. The molecule has 0 aliphatic heterocycles. The zero-order valence-electron chi connectivity index (χ0n) is 12.9. The second-order valence-electron chi connectivity index (χ2n) is 5.35. The van der Waals surface area contributed by atoms with Gasteiger partial charge in [-0.25, -0.2) is 4.98 Å². The van der Waals surface area contributed by atoms with Gasteiger partial charge in [0.25, 0.3) is 0 Å². The minimum absolute atomic E-state index is 0.685. The summed E-state index contributed by atoms with van der Waals surface area (Å²) in [5.74, 6) is 2.89. The van der Waals surface area contributed by atoms with Gasteiger partial charge < -0.3 is 10.2 Å². The zero-order chi connectivity index (χ0) is 14.3. The van der Waals surface area contributed by atoms with Crippen molar-refractivity contribution in [3.8, 4) is 0 Å². The first-order chi connectivity index (χ1) is 9.04. The molecule has 0 fully saturated rings. The minimum atomic E-state index is 0.685. The van der Waals surface area contributed by atoms with E-state index in [9.17, 15) is 0 Å². The molecular weight excluding hydrogens is 254 g/mol. The van der Waals surface area contributed by atoms with Gasteiger partial charge in [0.15, 0.2) is 0 Å². The van der Waals surface area contributed by atoms with Gasteiger partial charge in [-0.1, -0.05) is 19.9 Å². The highest BCUT2D eigenvalue weighted by Crippen LogP contribution is 2.14. The standard InChI is InChI=1S/C15H27N3S/c1-12(2)10-16-11-14-6-7-15(17-13(14)3)18(4)8-9-19-5/h6-7,12,16H,8-11H2,1-5H3. The summed E-state index contributed by atoms with van der Waals surface area (Å²) in [6, 6.07) is 4.32. The Morgan fingerprint density at radius 2 is 2.11 bits per heavy atom. The first kappa shape index (κ1) is 16.3. The van der Waals surface area contributed by atoms with Crippen LogP contribution in [0.3, 0.4) is 0 Å². The number of hydrogen-bond donors (Lipinski definition) is 1. The van der Waals surface area contributed by atoms with Crippen molar-refractivity contribution in [2.24, 2.45) is 5.92 Å². The van der Waals surface area contributed by atoms with Crippen molar-refractivity contribution in [1.29, 1.82) is 0 Å². The van der Waals surface area contributed by atoms with Crippen molar-refractivity contribution in [1.82, 2.24) is 10.3 Å². The summed E-state index contributed by atoms with van der Waals surface area (Å²) in [5, 5.41) is 3.47. The van der Waals surface area contributed by atoms with Gasteiger partial charge in [0.05, 0.1) is 0 Å². The fourth-order valence-electron chi connectivity index (χ4n) is 1.81. The van der Waals surface area contributed by atoms with Gasteiger partial charge in [0.2, 0.25) is 0 Å². The van der Waals surface area contributed by atoms with E-state index in [0.29, 0.717) is 5.92 Å². The molecule has 19 heavy (non-hydrogen) atoms. The Bertz CT molecular complexity index is 380. The van der Waals surface area contributed by atoms with Gasteiger partial charge in [-0.3, -0.25) is 0 Å². The van der Waals surface area contributed by atoms with Crippen LogP contribution >= 0.6 is 11.8 Å². The number of hydrogen-bond acceptors (Lipinski definition) is 4. The summed E-state index contributed by atoms with van der Waals surface area (Å²) >= 11 is 1.87. The molecule has 0 aromatic carbocycles. The molecule has 0 aliphatic rings. The van der Waals surface area contributed by atoms with Crippen LogP contribution in [0.4, 0.5) is 5.82 Å². The number of rotatable bonds is 8. The Balaban J connectivity index is 2.58. The van der Waals surface area contributed by atoms with E-state index < -0.39 is 0 Å². The summed E-state index contributed by atoms with van der Waals surface area (Å²) in [4.78, 5) is 6.92. The largest absolute Gasteiger partial charge is 0.359 e. The Morgan fingerprint density at radius 1 is 1.37 bits per heavy atom. The second-order valence-corrected chi connectivity index (χ2v) is 6.34. The molecule has 4 heteroatoms. The lowest BCUT2D eigenvalue weighted by Crippen LogP contribution is -2.23. The lowest BCUT2D eigenvalue weighted by atomic mass is 10.2. The third-order valence-electron chi connectivity index (χ3n) is 3.07. The van der Waals surface area contributed by atoms with Gasteiger partial charge in [0, 0.05) is 31.6 Å². The van der Waals surface area contributed by atoms with Crippen LogP contribution in [0.5, 0.6) is 0 Å². The summed E-state index contributed by atoms with van der Waals surface area (Å²) in [6.07, 6.45) is 2.13. The molecule has 0 amide bonds. The molecule has 0 atom stereocenters. The highest BCUT2D eigenvalue weighted by atomic mass is 32.2. The number of anilines is 1. The number of nitrogens with one attached hydrogen (secondary N) is 1. The van der Waals surface area contributed by atoms with E-state index in [0.717, 1.165) is 36.9 Å². The molecule has 0 saturated carbocycles. The van der Waals surface area contributed by atoms with Crippen molar-refractivity contribution in [2.45, 2.75) is 27.3 Å². The summed E-state index contributed by atoms with van der Waals surface area (Å²) in [5.41, 5.74) is 2.42. The highest BCUT2D eigenvalue weighted by Gasteiger charge is 2.05. The molecule has 0 bridgehead atoms. The third-order valence-corrected chi connectivity index (χ3v) is 3.66. The lowest BCUT2D eigenvalue weighted by molar-refractivity contribution is 0.551. The summed E-state index contributed by atoms with van der Waals surface area (Å²) < 4.78 is 0. The molecule has 0 unspecified atom stereocenters. The second kappa shape index (κ2) is 8.43. The zero-order valence-corrected chi connectivity index (χ0v) is 13.7. The van der Waals surface area contributed by atoms with Crippen molar-refractivity contribution < 1.29 is 0 Å². The van der Waals surface area contributed by atoms with E-state index in [2.05, 4.69) is 56.4 Å². The fraction of sp³-hybridized carbons (Fsp3) is 0.667. The predicted molar refractivity (Wildman–Crippen MR) is 87.2 cm³/mol. The van der Waals surface area contributed by atoms with Crippen LogP contribution in [0.15, 0.2) is 12.1 Å². The van der Waals surface area contributed by atoms with Gasteiger partial charge >= 0.3 is 0 Å². The summed E-state index contributed by atoms with van der Waals surface area (Å²) in [6.45, 7) is 9.54. The summed E-state index contributed by atoms with van der Waals surface area (Å²) in [7, 11) is 2.11. The van der Waals surface area contributed by atoms with Crippen LogP contribution in [-0.2, 0) is 6.54 Å². The molecule has 1 N–H and O–H groups in total. The number of nitrogens with zero attached hydrogens (tertiary/aromatic N) is 2. The third kappa shape index (κ3) is 5.83. The fourth-order valence-corrected chi connectivity index (χ4v) is 2.27. The Kier molecular flexibility index (Phi) is 7.24. The average Bonchev–Trinajstić information content (AvgIpc) is 2.37. The highest BCUT2D eigenvalue weighted by molar-refractivity contribution is 7.98. The Labute approximate surface area is 122 Å². The molecule has 1 rings (SSSR count). The van der Waals surface area contributed by atoms with E-state index in [1.165, 1.54) is 5.56 Å². The van der Waals surface area contributed by atoms with Gasteiger partial charge in [-0.15, -0.1) is 0 Å². The predicted octanol–water partition coefficient (Wildman–Crippen LogP) is 2.93. The van der Waals surface area contributed by atoms with E-state index >= 15 is 0 Å². The average molecular weight is 281 g/mol. The molecule has 3 nitrogen and oxygen atoms in total. The quantitative estimate of drug-likeness (QED) is 0.793. The van der Waals surface area contributed by atoms with E-state index in [4.69, 9.17) is 4.98 Å². The Hall–Kier alpha value is -0.740. The van der Waals surface area contributed by atoms with E-state index in [1.807, 2.05) is 11.8 Å². The van der Waals surface area contributed by atoms with Crippen molar-refractivity contribution >= 4 is 17.6 Å². The van der Waals surface area contributed by atoms with Gasteiger partial charge in [-0.2, -0.15) is 11.8 Å². The number of pyridine rings is 1. The van der Waals surface area contributed by atoms with Crippen LogP contribution in [0.2, 0.25) is 0 Å². The molecule has 1 aromatic rings. The van der Waals surface area contributed by atoms with Crippen LogP contribution in [0.1, 0.15) is 25.1 Å². The van der Waals surface area contributed by atoms with Gasteiger partial charge in [-0.05, 0) is 37.3 Å². The van der Waals surface area contributed by atoms with Crippen LogP contribution in [-0.4, -0.2) is 37.1 Å². The normalized spacial score (nSPS) is 11.1.